The van der Waals surface area contributed by atoms with Gasteiger partial charge in [0.2, 0.25) is 0 Å². The quantitative estimate of drug-likeness (QED) is 0.563. The minimum absolute atomic E-state index is 0.209. The molecular weight excluding hydrogens is 462 g/mol. The number of nitrogens with zero attached hydrogens (tertiary/aromatic N) is 1. The van der Waals surface area contributed by atoms with Crippen molar-refractivity contribution in [1.29, 1.82) is 0 Å². The van der Waals surface area contributed by atoms with Crippen molar-refractivity contribution in [3.63, 3.8) is 0 Å². The van der Waals surface area contributed by atoms with E-state index in [9.17, 15) is 9.59 Å². The van der Waals surface area contributed by atoms with E-state index >= 15 is 0 Å². The number of hydrogen-bond acceptors (Lipinski definition) is 6. The van der Waals surface area contributed by atoms with Gasteiger partial charge in [-0.2, -0.15) is 0 Å². The van der Waals surface area contributed by atoms with Gasteiger partial charge in [0.15, 0.2) is 28.7 Å². The standard InChI is InChI=1S/C27H25N3O6/c1-27-15-20(19-7-4-8-22(33-2)24(19)36-27)29-26(32)30(27)18-6-3-5-16(13-18)25(31)28-17-9-10-21-23(14-17)35-12-11-34-21/h3-10,13-14,20H,11-12,15H2,1-2H3,(H,28,31)(H,29,32)/t20-,27+/m1/s1. The van der Waals surface area contributed by atoms with E-state index in [0.717, 1.165) is 5.56 Å². The molecule has 1 fully saturated rings. The third kappa shape index (κ3) is 3.64. The van der Waals surface area contributed by atoms with Crippen LogP contribution in [0.25, 0.3) is 0 Å². The molecule has 6 rings (SSSR count). The predicted octanol–water partition coefficient (Wildman–Crippen LogP) is 4.49. The second-order valence-corrected chi connectivity index (χ2v) is 9.06. The van der Waals surface area contributed by atoms with E-state index < -0.39 is 5.72 Å². The Morgan fingerprint density at radius 1 is 1.08 bits per heavy atom. The minimum atomic E-state index is -0.973. The number of anilines is 2. The van der Waals surface area contributed by atoms with Crippen molar-refractivity contribution in [2.24, 2.45) is 0 Å². The topological polar surface area (TPSA) is 98.4 Å². The van der Waals surface area contributed by atoms with Crippen LogP contribution in [0.2, 0.25) is 0 Å². The lowest BCUT2D eigenvalue weighted by molar-refractivity contribution is 0.0349. The lowest BCUT2D eigenvalue weighted by atomic mass is 9.89. The highest BCUT2D eigenvalue weighted by Crippen LogP contribution is 2.49. The zero-order valence-corrected chi connectivity index (χ0v) is 19.9. The van der Waals surface area contributed by atoms with Crippen LogP contribution in [0, 0.1) is 0 Å². The largest absolute Gasteiger partial charge is 0.493 e. The van der Waals surface area contributed by atoms with Crippen molar-refractivity contribution in [1.82, 2.24) is 5.32 Å². The maximum Gasteiger partial charge on any atom is 0.325 e. The highest BCUT2D eigenvalue weighted by molar-refractivity contribution is 6.06. The van der Waals surface area contributed by atoms with Crippen LogP contribution in [0.5, 0.6) is 23.0 Å². The number of methoxy groups -OCH3 is 1. The molecule has 0 spiro atoms. The summed E-state index contributed by atoms with van der Waals surface area (Å²) < 4.78 is 23.1. The Morgan fingerprint density at radius 3 is 2.72 bits per heavy atom. The molecule has 0 saturated carbocycles. The fraction of sp³-hybridized carbons (Fsp3) is 0.259. The lowest BCUT2D eigenvalue weighted by Gasteiger charge is -2.50. The van der Waals surface area contributed by atoms with Gasteiger partial charge in [-0.1, -0.05) is 18.2 Å². The Bertz CT molecular complexity index is 1380. The highest BCUT2D eigenvalue weighted by Gasteiger charge is 2.50. The highest BCUT2D eigenvalue weighted by atomic mass is 16.6. The molecule has 184 valence electrons. The number of amides is 3. The first kappa shape index (κ1) is 22.1. The molecule has 0 aliphatic carbocycles. The van der Waals surface area contributed by atoms with E-state index in [1.807, 2.05) is 25.1 Å². The van der Waals surface area contributed by atoms with E-state index in [1.165, 1.54) is 0 Å². The number of nitrogens with one attached hydrogen (secondary N) is 2. The number of hydrogen-bond donors (Lipinski definition) is 2. The molecule has 2 bridgehead atoms. The molecule has 2 atom stereocenters. The number of carbonyl (C=O) groups excluding carboxylic acids is 2. The van der Waals surface area contributed by atoms with Gasteiger partial charge in [0.05, 0.1) is 18.8 Å². The fourth-order valence-electron chi connectivity index (χ4n) is 5.02. The molecule has 1 saturated heterocycles. The molecule has 3 aliphatic rings. The van der Waals surface area contributed by atoms with Crippen molar-refractivity contribution in [3.05, 3.63) is 71.8 Å². The van der Waals surface area contributed by atoms with E-state index in [2.05, 4.69) is 10.6 Å². The lowest BCUT2D eigenvalue weighted by Crippen LogP contribution is -2.65. The Labute approximate surface area is 207 Å². The molecule has 2 N–H and O–H groups in total. The Kier molecular flexibility index (Phi) is 5.13. The molecule has 3 aromatic carbocycles. The van der Waals surface area contributed by atoms with Gasteiger partial charge in [-0.25, -0.2) is 4.79 Å². The first-order chi connectivity index (χ1) is 17.4. The number of rotatable bonds is 4. The average Bonchev–Trinajstić information content (AvgIpc) is 2.88. The van der Waals surface area contributed by atoms with Crippen LogP contribution in [-0.2, 0) is 0 Å². The van der Waals surface area contributed by atoms with Crippen LogP contribution in [-0.4, -0.2) is 38.0 Å². The number of benzene rings is 3. The zero-order valence-electron chi connectivity index (χ0n) is 19.9. The molecule has 3 aromatic rings. The van der Waals surface area contributed by atoms with E-state index in [4.69, 9.17) is 18.9 Å². The van der Waals surface area contributed by atoms with Crippen LogP contribution < -0.4 is 34.5 Å². The van der Waals surface area contributed by atoms with Crippen LogP contribution in [0.15, 0.2) is 60.7 Å². The Balaban J connectivity index is 1.28. The molecule has 3 aliphatic heterocycles. The van der Waals surface area contributed by atoms with E-state index in [-0.39, 0.29) is 18.0 Å². The van der Waals surface area contributed by atoms with Gasteiger partial charge in [0.1, 0.15) is 13.2 Å². The molecule has 0 aromatic heterocycles. The second kappa shape index (κ2) is 8.37. The molecule has 3 amide bonds. The summed E-state index contributed by atoms with van der Waals surface area (Å²) in [6.45, 7) is 2.83. The van der Waals surface area contributed by atoms with Crippen LogP contribution in [0.1, 0.15) is 35.3 Å². The van der Waals surface area contributed by atoms with Gasteiger partial charge in [0.25, 0.3) is 5.91 Å². The predicted molar refractivity (Wildman–Crippen MR) is 132 cm³/mol. The number of carbonyl (C=O) groups is 2. The molecule has 0 unspecified atom stereocenters. The summed E-state index contributed by atoms with van der Waals surface area (Å²) in [4.78, 5) is 27.9. The SMILES string of the molecule is COc1cccc2c1O[C@@]1(C)C[C@H]2NC(=O)N1c1cccc(C(=O)Nc2ccc3c(c2)OCCO3)c1. The monoisotopic (exact) mass is 487 g/mol. The van der Waals surface area contributed by atoms with Crippen LogP contribution in [0.3, 0.4) is 0 Å². The average molecular weight is 488 g/mol. The summed E-state index contributed by atoms with van der Waals surface area (Å²) in [5.41, 5.74) is 1.43. The third-order valence-electron chi connectivity index (χ3n) is 6.65. The summed E-state index contributed by atoms with van der Waals surface area (Å²) in [7, 11) is 1.59. The summed E-state index contributed by atoms with van der Waals surface area (Å²) >= 11 is 0. The summed E-state index contributed by atoms with van der Waals surface area (Å²) in [6.07, 6.45) is 0.534. The van der Waals surface area contributed by atoms with Gasteiger partial charge < -0.3 is 29.6 Å². The van der Waals surface area contributed by atoms with Gasteiger partial charge in [-0.3, -0.25) is 9.69 Å². The number of fused-ring (bicyclic) bond motifs is 5. The van der Waals surface area contributed by atoms with Crippen molar-refractivity contribution in [2.45, 2.75) is 25.1 Å². The maximum absolute atomic E-state index is 13.3. The van der Waals surface area contributed by atoms with Crippen molar-refractivity contribution in [3.8, 4) is 23.0 Å². The van der Waals surface area contributed by atoms with Gasteiger partial charge in [0, 0.05) is 29.3 Å². The van der Waals surface area contributed by atoms with Gasteiger partial charge >= 0.3 is 6.03 Å². The summed E-state index contributed by atoms with van der Waals surface area (Å²) in [5.74, 6) is 2.13. The maximum atomic E-state index is 13.3. The molecule has 36 heavy (non-hydrogen) atoms. The van der Waals surface area contributed by atoms with Crippen molar-refractivity contribution < 1.29 is 28.5 Å². The first-order valence-electron chi connectivity index (χ1n) is 11.7. The number of para-hydroxylation sites is 1. The zero-order chi connectivity index (χ0) is 24.9. The van der Waals surface area contributed by atoms with E-state index in [1.54, 1.807) is 54.5 Å². The molecular formula is C27H25N3O6. The number of urea groups is 1. The van der Waals surface area contributed by atoms with E-state index in [0.29, 0.717) is 59.6 Å². The Morgan fingerprint density at radius 2 is 1.89 bits per heavy atom. The summed E-state index contributed by atoms with van der Waals surface area (Å²) in [6, 6.07) is 17.3. The second-order valence-electron chi connectivity index (χ2n) is 9.06. The molecule has 0 radical (unpaired) electrons. The van der Waals surface area contributed by atoms with Crippen LogP contribution in [0.4, 0.5) is 16.2 Å². The van der Waals surface area contributed by atoms with Gasteiger partial charge in [-0.15, -0.1) is 0 Å². The normalized spacial score (nSPS) is 21.6. The number of ether oxygens (including phenoxy) is 4. The molecule has 9 nitrogen and oxygen atoms in total. The molecule has 3 heterocycles. The Hall–Kier alpha value is -4.40. The molecule has 9 heteroatoms. The van der Waals surface area contributed by atoms with Crippen molar-refractivity contribution in [2.75, 3.05) is 30.5 Å². The van der Waals surface area contributed by atoms with Crippen molar-refractivity contribution >= 4 is 23.3 Å². The first-order valence-corrected chi connectivity index (χ1v) is 11.7. The minimum Gasteiger partial charge on any atom is -0.493 e. The van der Waals surface area contributed by atoms with Gasteiger partial charge in [-0.05, 0) is 43.3 Å². The van der Waals surface area contributed by atoms with Crippen LogP contribution >= 0.6 is 0 Å². The fourth-order valence-corrected chi connectivity index (χ4v) is 5.02. The summed E-state index contributed by atoms with van der Waals surface area (Å²) in [5, 5.41) is 5.96. The smallest absolute Gasteiger partial charge is 0.325 e. The third-order valence-corrected chi connectivity index (χ3v) is 6.65.